The van der Waals surface area contributed by atoms with E-state index in [0.717, 1.165) is 42.6 Å². The third kappa shape index (κ3) is 4.86. The van der Waals surface area contributed by atoms with Crippen molar-refractivity contribution in [3.05, 3.63) is 79.5 Å². The number of carbonyl (C=O) groups excluding carboxylic acids is 3. The minimum absolute atomic E-state index is 0.0961. The number of allylic oxidation sites excluding steroid dienone is 4. The molecule has 2 aromatic rings. The van der Waals surface area contributed by atoms with Gasteiger partial charge in [0.15, 0.2) is 18.2 Å². The number of halogens is 2. The van der Waals surface area contributed by atoms with E-state index >= 15 is 0 Å². The molecular weight excluding hydrogens is 576 g/mol. The van der Waals surface area contributed by atoms with Gasteiger partial charge in [0.1, 0.15) is 5.75 Å². The first-order chi connectivity index (χ1) is 16.9. The summed E-state index contributed by atoms with van der Waals surface area (Å²) < 4.78 is 7.11. The molecule has 3 aliphatic rings. The van der Waals surface area contributed by atoms with E-state index in [2.05, 4.69) is 42.5 Å². The van der Waals surface area contributed by atoms with Gasteiger partial charge in [-0.05, 0) is 87.4 Å². The largest absolute Gasteiger partial charge is 0.481 e. The summed E-state index contributed by atoms with van der Waals surface area (Å²) in [5.74, 6) is 0.00408. The Bertz CT molecular complexity index is 1220. The van der Waals surface area contributed by atoms with Crippen LogP contribution in [-0.4, -0.2) is 24.1 Å². The van der Waals surface area contributed by atoms with Crippen molar-refractivity contribution in [1.29, 1.82) is 0 Å². The Morgan fingerprint density at radius 3 is 2.06 bits per heavy atom. The van der Waals surface area contributed by atoms with Gasteiger partial charge in [-0.1, -0.05) is 18.2 Å². The van der Waals surface area contributed by atoms with Gasteiger partial charge >= 0.3 is 0 Å². The molecule has 0 unspecified atom stereocenters. The van der Waals surface area contributed by atoms with Crippen LogP contribution in [-0.2, 0) is 14.4 Å². The fourth-order valence-electron chi connectivity index (χ4n) is 5.06. The molecule has 1 amide bonds. The zero-order valence-corrected chi connectivity index (χ0v) is 22.1. The molecule has 0 saturated carbocycles. The Morgan fingerprint density at radius 1 is 0.914 bits per heavy atom. The molecule has 35 heavy (non-hydrogen) atoms. The second-order valence-corrected chi connectivity index (χ2v) is 10.6. The summed E-state index contributed by atoms with van der Waals surface area (Å²) in [5.41, 5.74) is 4.86. The SMILES string of the molecule is O=C(COc1c(Br)cc(C2C3=C(CCCC3=O)NC3=C2C(=O)CCC3)cc1Br)Nc1ccccc1. The number of Topliss-reactive ketones (excluding diaryl/α,β-unsaturated/α-hetero) is 2. The first-order valence-electron chi connectivity index (χ1n) is 11.7. The number of dihydropyridines is 1. The Labute approximate surface area is 220 Å². The number of carbonyl (C=O) groups is 3. The minimum atomic E-state index is -0.398. The first-order valence-corrected chi connectivity index (χ1v) is 13.3. The van der Waals surface area contributed by atoms with Crippen molar-refractivity contribution < 1.29 is 19.1 Å². The number of anilines is 1. The van der Waals surface area contributed by atoms with E-state index in [-0.39, 0.29) is 24.1 Å². The van der Waals surface area contributed by atoms with E-state index in [1.165, 1.54) is 0 Å². The highest BCUT2D eigenvalue weighted by atomic mass is 79.9. The molecule has 0 radical (unpaired) electrons. The molecule has 0 saturated heterocycles. The van der Waals surface area contributed by atoms with Crippen molar-refractivity contribution in [3.8, 4) is 5.75 Å². The highest BCUT2D eigenvalue weighted by Crippen LogP contribution is 2.47. The van der Waals surface area contributed by atoms with Crippen LogP contribution in [0.3, 0.4) is 0 Å². The third-order valence-corrected chi connectivity index (χ3v) is 7.73. The average Bonchev–Trinajstić information content (AvgIpc) is 2.83. The third-order valence-electron chi connectivity index (χ3n) is 6.55. The predicted octanol–water partition coefficient (Wildman–Crippen LogP) is 5.93. The maximum atomic E-state index is 13.0. The molecule has 0 atom stereocenters. The number of para-hydroxylation sites is 1. The molecule has 0 spiro atoms. The molecule has 0 aromatic heterocycles. The Balaban J connectivity index is 1.44. The highest BCUT2D eigenvalue weighted by molar-refractivity contribution is 9.11. The normalized spacial score (nSPS) is 18.1. The van der Waals surface area contributed by atoms with Gasteiger partial charge in [-0.3, -0.25) is 14.4 Å². The summed E-state index contributed by atoms with van der Waals surface area (Å²) in [5, 5.41) is 6.23. The Hall–Kier alpha value is -2.71. The van der Waals surface area contributed by atoms with Crippen molar-refractivity contribution >= 4 is 55.0 Å². The van der Waals surface area contributed by atoms with Crippen LogP contribution in [0.5, 0.6) is 5.75 Å². The molecule has 6 nitrogen and oxygen atoms in total. The van der Waals surface area contributed by atoms with Crippen molar-refractivity contribution in [1.82, 2.24) is 5.32 Å². The molecule has 0 fully saturated rings. The van der Waals surface area contributed by atoms with Crippen LogP contribution in [0.25, 0.3) is 0 Å². The van der Waals surface area contributed by atoms with Gasteiger partial charge in [0.25, 0.3) is 5.91 Å². The summed E-state index contributed by atoms with van der Waals surface area (Å²) in [4.78, 5) is 38.4. The quantitative estimate of drug-likeness (QED) is 0.445. The highest BCUT2D eigenvalue weighted by Gasteiger charge is 2.40. The molecule has 2 N–H and O–H groups in total. The average molecular weight is 600 g/mol. The summed E-state index contributed by atoms with van der Waals surface area (Å²) in [7, 11) is 0. The number of benzene rings is 2. The molecule has 0 bridgehead atoms. The molecule has 1 heterocycles. The maximum Gasteiger partial charge on any atom is 0.262 e. The van der Waals surface area contributed by atoms with Gasteiger partial charge in [0.05, 0.1) is 8.95 Å². The van der Waals surface area contributed by atoms with Gasteiger partial charge in [-0.2, -0.15) is 0 Å². The number of ketones is 2. The second-order valence-electron chi connectivity index (χ2n) is 8.91. The zero-order chi connectivity index (χ0) is 24.5. The van der Waals surface area contributed by atoms with E-state index in [0.29, 0.717) is 44.4 Å². The first kappa shape index (κ1) is 24.0. The van der Waals surface area contributed by atoms with Gasteiger partial charge in [-0.15, -0.1) is 0 Å². The Morgan fingerprint density at radius 2 is 1.49 bits per heavy atom. The van der Waals surface area contributed by atoms with Crippen LogP contribution in [0.4, 0.5) is 5.69 Å². The van der Waals surface area contributed by atoms with E-state index in [1.807, 2.05) is 42.5 Å². The Kier molecular flexibility index (Phi) is 6.93. The fraction of sp³-hybridized carbons (Fsp3) is 0.296. The smallest absolute Gasteiger partial charge is 0.262 e. The number of hydrogen-bond acceptors (Lipinski definition) is 5. The van der Waals surface area contributed by atoms with Crippen molar-refractivity contribution in [2.75, 3.05) is 11.9 Å². The predicted molar refractivity (Wildman–Crippen MR) is 140 cm³/mol. The number of nitrogens with one attached hydrogen (secondary N) is 2. The van der Waals surface area contributed by atoms with E-state index in [1.54, 1.807) is 0 Å². The van der Waals surface area contributed by atoms with Crippen LogP contribution < -0.4 is 15.4 Å². The number of hydrogen-bond donors (Lipinski definition) is 2. The molecule has 2 aliphatic carbocycles. The van der Waals surface area contributed by atoms with Gasteiger partial charge in [0, 0.05) is 47.0 Å². The van der Waals surface area contributed by atoms with E-state index < -0.39 is 5.92 Å². The number of amides is 1. The summed E-state index contributed by atoms with van der Waals surface area (Å²) in [6.07, 6.45) is 4.24. The van der Waals surface area contributed by atoms with Crippen molar-refractivity contribution in [3.63, 3.8) is 0 Å². The molecule has 180 valence electrons. The van der Waals surface area contributed by atoms with E-state index in [9.17, 15) is 14.4 Å². The number of rotatable bonds is 5. The molecule has 1 aliphatic heterocycles. The van der Waals surface area contributed by atoms with Gasteiger partial charge in [0.2, 0.25) is 0 Å². The van der Waals surface area contributed by atoms with Crippen LogP contribution in [0.2, 0.25) is 0 Å². The van der Waals surface area contributed by atoms with Crippen molar-refractivity contribution in [2.45, 2.75) is 44.4 Å². The summed E-state index contributed by atoms with van der Waals surface area (Å²) in [6, 6.07) is 13.0. The fourth-order valence-corrected chi connectivity index (χ4v) is 6.51. The van der Waals surface area contributed by atoms with Gasteiger partial charge in [-0.25, -0.2) is 0 Å². The second kappa shape index (κ2) is 10.1. The topological polar surface area (TPSA) is 84.5 Å². The van der Waals surface area contributed by atoms with Crippen molar-refractivity contribution in [2.24, 2.45) is 0 Å². The molecular formula is C27H24Br2N2O4. The maximum absolute atomic E-state index is 13.0. The van der Waals surface area contributed by atoms with Crippen LogP contribution in [0.1, 0.15) is 50.0 Å². The van der Waals surface area contributed by atoms with Gasteiger partial charge < -0.3 is 15.4 Å². The van der Waals surface area contributed by atoms with Crippen LogP contribution >= 0.6 is 31.9 Å². The summed E-state index contributed by atoms with van der Waals surface area (Å²) >= 11 is 7.17. The minimum Gasteiger partial charge on any atom is -0.481 e. The van der Waals surface area contributed by atoms with Crippen LogP contribution in [0.15, 0.2) is 74.0 Å². The standard InChI is InChI=1S/C27H24Br2N2O4/c28-17-12-15(13-18(29)27(17)35-14-23(34)30-16-6-2-1-3-7-16)24-25-19(8-4-10-21(25)32)31-20-9-5-11-22(33)26(20)24/h1-3,6-7,12-13,24,31H,4-5,8-11,14H2,(H,30,34). The zero-order valence-electron chi connectivity index (χ0n) is 19.0. The lowest BCUT2D eigenvalue weighted by atomic mass is 9.71. The monoisotopic (exact) mass is 598 g/mol. The number of ether oxygens (including phenoxy) is 1. The van der Waals surface area contributed by atoms with E-state index in [4.69, 9.17) is 4.74 Å². The summed E-state index contributed by atoms with van der Waals surface area (Å²) in [6.45, 7) is -0.166. The lowest BCUT2D eigenvalue weighted by molar-refractivity contribution is -0.118. The lowest BCUT2D eigenvalue weighted by Crippen LogP contribution is -2.36. The molecule has 5 rings (SSSR count). The van der Waals surface area contributed by atoms with Crippen LogP contribution in [0, 0.1) is 0 Å². The molecule has 2 aromatic carbocycles. The lowest BCUT2D eigenvalue weighted by Gasteiger charge is -2.37. The molecule has 8 heteroatoms.